The largest absolute Gasteiger partial charge is 0.625 e. The van der Waals surface area contributed by atoms with Gasteiger partial charge < -0.3 is 62.4 Å². The van der Waals surface area contributed by atoms with Gasteiger partial charge in [-0.1, -0.05) is 58.0 Å². The lowest BCUT2D eigenvalue weighted by molar-refractivity contribution is -0.203. The zero-order valence-electron chi connectivity index (χ0n) is 42.6. The molecule has 3 heterocycles. The average molecular weight is 1070 g/mol. The van der Waals surface area contributed by atoms with E-state index in [1.165, 1.54) is 28.9 Å². The van der Waals surface area contributed by atoms with Crippen LogP contribution in [0.15, 0.2) is 54.7 Å². The molecule has 2 aromatic carbocycles. The number of likely N-dealkylation sites (tertiary alicyclic amines) is 2. The van der Waals surface area contributed by atoms with Gasteiger partial charge >= 0.3 is 13.5 Å². The number of amides is 9. The number of aromatic amines is 1. The number of rotatable bonds is 25. The molecule has 25 heteroatoms. The van der Waals surface area contributed by atoms with E-state index in [2.05, 4.69) is 36.9 Å². The number of carbonyl (C=O) groups excluding carboxylic acids is 10. The molecule has 1 aromatic heterocycles. The van der Waals surface area contributed by atoms with Crippen LogP contribution in [0.5, 0.6) is 0 Å². The lowest BCUT2D eigenvalue weighted by atomic mass is 10.00. The fraction of sp³-hybridized carbons (Fsp3) is 0.520. The fourth-order valence-electron chi connectivity index (χ4n) is 9.25. The van der Waals surface area contributed by atoms with Crippen molar-refractivity contribution >= 4 is 77.5 Å². The van der Waals surface area contributed by atoms with Gasteiger partial charge in [0, 0.05) is 50.0 Å². The SMILES string of the molecule is CC(=O)NCC(=O)N[C@@H](Cc1ccc(C(=O)[P+]([O-])(O)O)cc1)C(=O)N[C@@H](CC(C)C)C(=O)N[C@@H](CO)C(=O)N[C@@H](CC(C)C)C(=O)N1CCC[C@H]1C(=O)N1CCC[C@H]1C(=O)N[C@@H](Cc1c[nH]c2ccccc12)C(N)=O. The molecule has 75 heavy (non-hydrogen) atoms. The third-order valence-corrected chi connectivity index (χ3v) is 13.7. The number of carbonyl (C=O) groups is 10. The predicted molar refractivity (Wildman–Crippen MR) is 271 cm³/mol. The van der Waals surface area contributed by atoms with Gasteiger partial charge in [0.25, 0.3) is 0 Å². The molecule has 2 aliphatic heterocycles. The normalized spacial score (nSPS) is 17.6. The molecule has 0 unspecified atom stereocenters. The number of primary amides is 1. The monoisotopic (exact) mass is 1060 g/mol. The zero-order valence-corrected chi connectivity index (χ0v) is 43.5. The van der Waals surface area contributed by atoms with Crippen molar-refractivity contribution in [3.05, 3.63) is 71.4 Å². The van der Waals surface area contributed by atoms with Gasteiger partial charge in [-0.05, 0) is 79.7 Å². The van der Waals surface area contributed by atoms with Crippen LogP contribution in [0.2, 0.25) is 0 Å². The van der Waals surface area contributed by atoms with E-state index in [-0.39, 0.29) is 62.6 Å². The summed E-state index contributed by atoms with van der Waals surface area (Å²) in [5.41, 5.74) is 5.96. The molecular weight excluding hydrogens is 996 g/mol. The first-order valence-electron chi connectivity index (χ1n) is 24.9. The Morgan fingerprint density at radius 3 is 1.91 bits per heavy atom. The molecular formula is C50H69N10O14P. The number of fused-ring (bicyclic) bond motifs is 1. The maximum atomic E-state index is 14.5. The topological polar surface area (TPSA) is 375 Å². The van der Waals surface area contributed by atoms with E-state index in [1.807, 2.05) is 38.1 Å². The number of aromatic nitrogens is 1. The summed E-state index contributed by atoms with van der Waals surface area (Å²) in [7, 11) is -5.10. The molecule has 3 aromatic rings. The number of benzene rings is 2. The Hall–Kier alpha value is -6.85. The number of nitrogens with one attached hydrogen (secondary N) is 7. The molecule has 0 spiro atoms. The molecule has 0 bridgehead atoms. The Morgan fingerprint density at radius 2 is 1.29 bits per heavy atom. The van der Waals surface area contributed by atoms with Crippen molar-refractivity contribution in [2.45, 2.75) is 128 Å². The van der Waals surface area contributed by atoms with Crippen LogP contribution in [0.25, 0.3) is 10.9 Å². The highest BCUT2D eigenvalue weighted by Gasteiger charge is 2.45. The maximum absolute atomic E-state index is 14.5. The minimum Gasteiger partial charge on any atom is -0.625 e. The van der Waals surface area contributed by atoms with Crippen LogP contribution >= 0.6 is 7.94 Å². The number of H-pyrrole nitrogens is 1. The van der Waals surface area contributed by atoms with Gasteiger partial charge in [0.15, 0.2) is 0 Å². The van der Waals surface area contributed by atoms with E-state index in [9.17, 15) is 67.7 Å². The molecule has 9 amide bonds. The number of hydrogen-bond acceptors (Lipinski definition) is 14. The van der Waals surface area contributed by atoms with E-state index in [0.717, 1.165) is 28.6 Å². The summed E-state index contributed by atoms with van der Waals surface area (Å²) in [6.45, 7) is 7.22. The van der Waals surface area contributed by atoms with Crippen LogP contribution in [0, 0.1) is 11.8 Å². The summed E-state index contributed by atoms with van der Waals surface area (Å²) >= 11 is 0. The van der Waals surface area contributed by atoms with Gasteiger partial charge in [0.1, 0.15) is 42.3 Å². The standard InChI is InChI=1S/C50H69N10O14P/c1-27(2)20-36(56-45(66)37(54-42(63)25-52-29(5)62)22-30-14-16-31(17-15-30)50(71)75(72,73)74)44(65)58-39(26-61)46(67)57-38(21-28(3)4)48(69)60-19-9-13-41(60)49(70)59-18-8-12-40(59)47(68)55-35(43(51)64)23-32-24-53-34-11-7-6-10-33(32)34/h6-7,10-11,14-17,24,27-28,35-41,53,61H,8-9,12-13,18-23,25-26H2,1-5H3,(H2,51,64)(H,52,62)(H,54,63)(H,55,68)(H,56,66)(H,57,67)(H,58,65)(H2,72,73,74)/t35-,36-,37-,38-,39-,40-,41-/m0/s1. The van der Waals surface area contributed by atoms with E-state index in [4.69, 9.17) is 5.73 Å². The number of para-hydroxylation sites is 1. The van der Waals surface area contributed by atoms with Crippen LogP contribution in [-0.4, -0.2) is 157 Å². The van der Waals surface area contributed by atoms with Crippen molar-refractivity contribution in [1.29, 1.82) is 0 Å². The Balaban J connectivity index is 1.26. The van der Waals surface area contributed by atoms with Crippen LogP contribution in [0.3, 0.4) is 0 Å². The van der Waals surface area contributed by atoms with Crippen molar-refractivity contribution in [2.75, 3.05) is 26.2 Å². The van der Waals surface area contributed by atoms with Gasteiger partial charge in [-0.3, -0.25) is 43.2 Å². The predicted octanol–water partition coefficient (Wildman–Crippen LogP) is -1.69. The lowest BCUT2D eigenvalue weighted by Crippen LogP contribution is -2.60. The fourth-order valence-corrected chi connectivity index (χ4v) is 9.73. The van der Waals surface area contributed by atoms with Crippen LogP contribution < -0.4 is 42.5 Å². The van der Waals surface area contributed by atoms with E-state index < -0.39 is 122 Å². The second-order valence-electron chi connectivity index (χ2n) is 19.8. The Kier molecular flexibility index (Phi) is 20.9. The molecule has 2 saturated heterocycles. The van der Waals surface area contributed by atoms with Crippen molar-refractivity contribution in [3.63, 3.8) is 0 Å². The summed E-state index contributed by atoms with van der Waals surface area (Å²) < 4.78 is 0. The van der Waals surface area contributed by atoms with E-state index >= 15 is 0 Å². The number of hydrogen-bond donors (Lipinski definition) is 11. The Bertz CT molecular complexity index is 2580. The highest BCUT2D eigenvalue weighted by atomic mass is 31.2. The highest BCUT2D eigenvalue weighted by Crippen LogP contribution is 2.43. The molecule has 0 radical (unpaired) electrons. The molecule has 24 nitrogen and oxygen atoms in total. The van der Waals surface area contributed by atoms with Crippen molar-refractivity contribution < 1.29 is 67.7 Å². The van der Waals surface area contributed by atoms with E-state index in [1.54, 1.807) is 20.0 Å². The quantitative estimate of drug-likeness (QED) is 0.0422. The van der Waals surface area contributed by atoms with Crippen molar-refractivity contribution in [3.8, 4) is 0 Å². The average Bonchev–Trinajstić information content (AvgIpc) is 4.14. The van der Waals surface area contributed by atoms with Crippen LogP contribution in [0.1, 0.15) is 94.6 Å². The molecule has 2 aliphatic rings. The molecule has 5 rings (SSSR count). The minimum absolute atomic E-state index is 0.00180. The molecule has 12 N–H and O–H groups in total. The van der Waals surface area contributed by atoms with Crippen LogP contribution in [0.4, 0.5) is 0 Å². The third-order valence-electron chi connectivity index (χ3n) is 13.0. The molecule has 2 fully saturated rings. The summed E-state index contributed by atoms with van der Waals surface area (Å²) in [6, 6.07) is 3.70. The van der Waals surface area contributed by atoms with Gasteiger partial charge in [0.05, 0.1) is 18.7 Å². The second-order valence-corrected chi connectivity index (χ2v) is 21.3. The summed E-state index contributed by atoms with van der Waals surface area (Å²) in [5.74, 6) is -6.86. The molecule has 7 atom stereocenters. The lowest BCUT2D eigenvalue weighted by Gasteiger charge is -2.34. The summed E-state index contributed by atoms with van der Waals surface area (Å²) in [5, 5.41) is 26.6. The van der Waals surface area contributed by atoms with Gasteiger partial charge in [-0.2, -0.15) is 0 Å². The smallest absolute Gasteiger partial charge is 0.352 e. The summed E-state index contributed by atoms with van der Waals surface area (Å²) in [4.78, 5) is 170. The van der Waals surface area contributed by atoms with Crippen LogP contribution in [-0.2, 0) is 56.0 Å². The van der Waals surface area contributed by atoms with Gasteiger partial charge in [-0.25, -0.2) is 14.6 Å². The highest BCUT2D eigenvalue weighted by molar-refractivity contribution is 7.75. The first-order chi connectivity index (χ1) is 35.4. The first-order valence-corrected chi connectivity index (χ1v) is 26.5. The summed E-state index contributed by atoms with van der Waals surface area (Å²) in [6.07, 6.45) is 3.19. The third kappa shape index (κ3) is 16.3. The zero-order chi connectivity index (χ0) is 55.3. The van der Waals surface area contributed by atoms with E-state index in [0.29, 0.717) is 24.8 Å². The first kappa shape index (κ1) is 59.0. The minimum atomic E-state index is -5.10. The van der Waals surface area contributed by atoms with Crippen molar-refractivity contribution in [2.24, 2.45) is 17.6 Å². The number of aliphatic hydroxyl groups excluding tert-OH is 1. The number of nitrogens with two attached hydrogens (primary N) is 1. The molecule has 0 saturated carbocycles. The molecule has 408 valence electrons. The van der Waals surface area contributed by atoms with Gasteiger partial charge in [0.2, 0.25) is 53.2 Å². The number of aliphatic hydroxyl groups is 1. The Labute approximate surface area is 434 Å². The Morgan fingerprint density at radius 1 is 0.720 bits per heavy atom. The van der Waals surface area contributed by atoms with Crippen molar-refractivity contribution in [1.82, 2.24) is 46.7 Å². The number of nitrogens with zero attached hydrogens (tertiary/aromatic N) is 2. The maximum Gasteiger partial charge on any atom is 0.352 e. The second kappa shape index (κ2) is 26.6. The molecule has 0 aliphatic carbocycles. The van der Waals surface area contributed by atoms with Gasteiger partial charge in [-0.15, -0.1) is 0 Å².